The Hall–Kier alpha value is -0.0800. The van der Waals surface area contributed by atoms with Crippen molar-refractivity contribution < 1.29 is 0 Å². The first-order chi connectivity index (χ1) is 15.3. The monoisotopic (exact) mass is 462 g/mol. The van der Waals surface area contributed by atoms with Crippen LogP contribution in [-0.2, 0) is 0 Å². The average molecular weight is 463 g/mol. The Labute approximate surface area is 209 Å². The van der Waals surface area contributed by atoms with Gasteiger partial charge < -0.3 is 10.2 Å². The van der Waals surface area contributed by atoms with Crippen molar-refractivity contribution in [1.82, 2.24) is 10.2 Å². The highest BCUT2D eigenvalue weighted by atomic mass is 15.1. The summed E-state index contributed by atoms with van der Waals surface area (Å²) in [5.41, 5.74) is 1.92. The van der Waals surface area contributed by atoms with Crippen LogP contribution in [0.4, 0.5) is 0 Å². The second-order valence-corrected chi connectivity index (χ2v) is 14.8. The highest BCUT2D eigenvalue weighted by Crippen LogP contribution is 2.56. The van der Waals surface area contributed by atoms with Gasteiger partial charge in [-0.15, -0.1) is 0 Å². The molecule has 0 spiro atoms. The second kappa shape index (κ2) is 11.8. The van der Waals surface area contributed by atoms with Gasteiger partial charge in [0.2, 0.25) is 0 Å². The van der Waals surface area contributed by atoms with Gasteiger partial charge in [-0.2, -0.15) is 0 Å². The molecule has 0 aromatic rings. The molecule has 0 bridgehead atoms. The summed E-state index contributed by atoms with van der Waals surface area (Å²) in [5.74, 6) is 2.62. The summed E-state index contributed by atoms with van der Waals surface area (Å²) in [6.45, 7) is 24.1. The van der Waals surface area contributed by atoms with Crippen molar-refractivity contribution in [3.63, 3.8) is 0 Å². The summed E-state index contributed by atoms with van der Waals surface area (Å²) in [6, 6.07) is 0. The van der Waals surface area contributed by atoms with Crippen LogP contribution < -0.4 is 5.32 Å². The standard InChI is InChI=1S/C31H62N2/c1-11-27(13-19-32-9)31(8)17-15-29(5,6)21-25-23-30(7,18-20-33(10)12-2)16-14-28(3,4)22-26(25)24-31/h25-27,32H,11-24H2,1-10H3. The van der Waals surface area contributed by atoms with Crippen molar-refractivity contribution in [2.24, 2.45) is 39.4 Å². The molecule has 0 saturated heterocycles. The van der Waals surface area contributed by atoms with E-state index in [2.05, 4.69) is 79.7 Å². The molecule has 2 aliphatic carbocycles. The number of nitrogens with one attached hydrogen (secondary N) is 1. The molecule has 1 N–H and O–H groups in total. The van der Waals surface area contributed by atoms with E-state index in [1.54, 1.807) is 0 Å². The molecular formula is C31H62N2. The van der Waals surface area contributed by atoms with Gasteiger partial charge in [-0.05, 0) is 137 Å². The van der Waals surface area contributed by atoms with E-state index >= 15 is 0 Å². The Balaban J connectivity index is 2.38. The fraction of sp³-hybridized carbons (Fsp3) is 1.00. The SMILES string of the molecule is CCC(CCNC)C1(C)CCC(C)(C)CC2CC(C)(CCN(C)CC)CCC(C)(C)CC2C1. The summed E-state index contributed by atoms with van der Waals surface area (Å²) in [4.78, 5) is 2.53. The van der Waals surface area contributed by atoms with Crippen LogP contribution >= 0.6 is 0 Å². The number of hydrogen-bond donors (Lipinski definition) is 1. The molecule has 33 heavy (non-hydrogen) atoms. The summed E-state index contributed by atoms with van der Waals surface area (Å²) in [7, 11) is 4.43. The molecule has 2 rings (SSSR count). The summed E-state index contributed by atoms with van der Waals surface area (Å²) in [5, 5.41) is 3.46. The number of nitrogens with zero attached hydrogens (tertiary/aromatic N) is 1. The Kier molecular flexibility index (Phi) is 10.4. The quantitative estimate of drug-likeness (QED) is 0.370. The van der Waals surface area contributed by atoms with Gasteiger partial charge in [0.25, 0.3) is 0 Å². The molecular weight excluding hydrogens is 400 g/mol. The van der Waals surface area contributed by atoms with Crippen molar-refractivity contribution in [3.8, 4) is 0 Å². The van der Waals surface area contributed by atoms with Crippen LogP contribution in [0.15, 0.2) is 0 Å². The molecule has 0 aliphatic heterocycles. The summed E-state index contributed by atoms with van der Waals surface area (Å²) >= 11 is 0. The maximum atomic E-state index is 3.46. The van der Waals surface area contributed by atoms with Gasteiger partial charge in [-0.25, -0.2) is 0 Å². The van der Waals surface area contributed by atoms with E-state index in [0.29, 0.717) is 21.7 Å². The lowest BCUT2D eigenvalue weighted by Gasteiger charge is -2.52. The number of rotatable bonds is 9. The zero-order valence-corrected chi connectivity index (χ0v) is 24.6. The van der Waals surface area contributed by atoms with Gasteiger partial charge >= 0.3 is 0 Å². The minimum atomic E-state index is 0.469. The van der Waals surface area contributed by atoms with Crippen molar-refractivity contribution >= 4 is 0 Å². The molecule has 2 nitrogen and oxygen atoms in total. The van der Waals surface area contributed by atoms with E-state index in [1.165, 1.54) is 90.3 Å². The molecule has 0 heterocycles. The third-order valence-electron chi connectivity index (χ3n) is 10.4. The van der Waals surface area contributed by atoms with Gasteiger partial charge in [0.15, 0.2) is 0 Å². The molecule has 2 fully saturated rings. The van der Waals surface area contributed by atoms with Crippen molar-refractivity contribution in [2.75, 3.05) is 33.7 Å². The summed E-state index contributed by atoms with van der Waals surface area (Å²) in [6.07, 6.45) is 15.5. The zero-order valence-electron chi connectivity index (χ0n) is 24.6. The van der Waals surface area contributed by atoms with E-state index in [4.69, 9.17) is 0 Å². The van der Waals surface area contributed by atoms with Crippen LogP contribution in [0.1, 0.15) is 126 Å². The van der Waals surface area contributed by atoms with Crippen LogP contribution in [0.25, 0.3) is 0 Å². The largest absolute Gasteiger partial charge is 0.320 e. The number of hydrogen-bond acceptors (Lipinski definition) is 2. The Morgan fingerprint density at radius 1 is 0.818 bits per heavy atom. The van der Waals surface area contributed by atoms with Gasteiger partial charge in [0.1, 0.15) is 0 Å². The van der Waals surface area contributed by atoms with Crippen molar-refractivity contribution in [3.05, 3.63) is 0 Å². The number of fused-ring (bicyclic) bond motifs is 1. The minimum absolute atomic E-state index is 0.469. The van der Waals surface area contributed by atoms with Gasteiger partial charge in [-0.3, -0.25) is 0 Å². The lowest BCUT2D eigenvalue weighted by Crippen LogP contribution is -2.42. The third-order valence-corrected chi connectivity index (χ3v) is 10.4. The van der Waals surface area contributed by atoms with Gasteiger partial charge in [-0.1, -0.05) is 61.8 Å². The van der Waals surface area contributed by atoms with Crippen LogP contribution in [0.5, 0.6) is 0 Å². The maximum absolute atomic E-state index is 3.46. The van der Waals surface area contributed by atoms with E-state index < -0.39 is 0 Å². The first kappa shape index (κ1) is 29.2. The molecule has 0 amide bonds. The van der Waals surface area contributed by atoms with Crippen molar-refractivity contribution in [2.45, 2.75) is 126 Å². The molecule has 196 valence electrons. The first-order valence-corrected chi connectivity index (χ1v) is 14.6. The molecule has 0 radical (unpaired) electrons. The van der Waals surface area contributed by atoms with E-state index in [0.717, 1.165) is 17.8 Å². The molecule has 5 unspecified atom stereocenters. The topological polar surface area (TPSA) is 15.3 Å². The Morgan fingerprint density at radius 2 is 1.39 bits per heavy atom. The fourth-order valence-corrected chi connectivity index (χ4v) is 7.72. The van der Waals surface area contributed by atoms with Crippen LogP contribution in [0.2, 0.25) is 0 Å². The van der Waals surface area contributed by atoms with E-state index in [1.807, 2.05) is 0 Å². The Bertz CT molecular complexity index is 581. The highest BCUT2D eigenvalue weighted by molar-refractivity contribution is 4.97. The Morgan fingerprint density at radius 3 is 1.94 bits per heavy atom. The van der Waals surface area contributed by atoms with Crippen molar-refractivity contribution in [1.29, 1.82) is 0 Å². The minimum Gasteiger partial charge on any atom is -0.320 e. The third kappa shape index (κ3) is 8.52. The molecule has 2 saturated carbocycles. The van der Waals surface area contributed by atoms with Crippen LogP contribution in [0.3, 0.4) is 0 Å². The predicted octanol–water partition coefficient (Wildman–Crippen LogP) is 8.41. The maximum Gasteiger partial charge on any atom is -0.00167 e. The zero-order chi connectivity index (χ0) is 24.9. The molecule has 2 heteroatoms. The molecule has 2 aliphatic rings. The van der Waals surface area contributed by atoms with E-state index in [-0.39, 0.29) is 0 Å². The molecule has 0 aromatic carbocycles. The lowest BCUT2D eigenvalue weighted by atomic mass is 9.53. The van der Waals surface area contributed by atoms with Crippen LogP contribution in [0, 0.1) is 39.4 Å². The molecule has 5 atom stereocenters. The van der Waals surface area contributed by atoms with E-state index in [9.17, 15) is 0 Å². The molecule has 0 aromatic heterocycles. The second-order valence-electron chi connectivity index (χ2n) is 14.8. The predicted molar refractivity (Wildman–Crippen MR) is 148 cm³/mol. The normalized spacial score (nSPS) is 35.7. The van der Waals surface area contributed by atoms with Crippen LogP contribution in [-0.4, -0.2) is 38.6 Å². The van der Waals surface area contributed by atoms with Gasteiger partial charge in [0.05, 0.1) is 0 Å². The van der Waals surface area contributed by atoms with Gasteiger partial charge in [0, 0.05) is 0 Å². The average Bonchev–Trinajstić information content (AvgIpc) is 2.73. The smallest absolute Gasteiger partial charge is 0.00167 e. The fourth-order valence-electron chi connectivity index (χ4n) is 7.72. The summed E-state index contributed by atoms with van der Waals surface area (Å²) < 4.78 is 0. The highest BCUT2D eigenvalue weighted by Gasteiger charge is 2.46. The lowest BCUT2D eigenvalue weighted by molar-refractivity contribution is -0.0132. The first-order valence-electron chi connectivity index (χ1n) is 14.6.